The third-order valence-electron chi connectivity index (χ3n) is 4.85. The molecule has 0 spiro atoms. The van der Waals surface area contributed by atoms with Gasteiger partial charge in [0.05, 0.1) is 25.1 Å². The maximum absolute atomic E-state index is 12.7. The Hall–Kier alpha value is -2.75. The van der Waals surface area contributed by atoms with E-state index < -0.39 is 0 Å². The molecule has 0 aliphatic carbocycles. The van der Waals surface area contributed by atoms with Crippen molar-refractivity contribution < 1.29 is 9.18 Å². The molecule has 4 rings (SSSR count). The summed E-state index contributed by atoms with van der Waals surface area (Å²) in [7, 11) is 0. The van der Waals surface area contributed by atoms with Crippen molar-refractivity contribution in [3.63, 3.8) is 0 Å². The molecule has 0 bridgehead atoms. The number of para-hydroxylation sites is 1. The number of anilines is 2. The highest BCUT2D eigenvalue weighted by molar-refractivity contribution is 7.16. The Bertz CT molecular complexity index is 1140. The second-order valence-electron chi connectivity index (χ2n) is 6.77. The van der Waals surface area contributed by atoms with Crippen molar-refractivity contribution in [3.05, 3.63) is 75.6 Å². The number of nitrogens with zero attached hydrogens (tertiary/aromatic N) is 4. The monoisotopic (exact) mass is 449 g/mol. The SMILES string of the molecule is Cl.NC/C(=C\F)Cn1ncn(Cc2ccc(N3C(=O)CCc4ccccc43)s2)c1=O. The fraction of sp³-hybridized carbons (Fsp3) is 0.250. The molecule has 2 aromatic heterocycles. The number of rotatable bonds is 6. The van der Waals surface area contributed by atoms with Crippen LogP contribution in [0.15, 0.2) is 59.4 Å². The van der Waals surface area contributed by atoms with Crippen molar-refractivity contribution in [1.29, 1.82) is 0 Å². The number of hydrogen-bond acceptors (Lipinski definition) is 5. The van der Waals surface area contributed by atoms with Gasteiger partial charge in [0.15, 0.2) is 0 Å². The van der Waals surface area contributed by atoms with Crippen LogP contribution in [0.25, 0.3) is 0 Å². The van der Waals surface area contributed by atoms with E-state index in [0.717, 1.165) is 27.5 Å². The first-order valence-electron chi connectivity index (χ1n) is 9.20. The molecule has 10 heteroatoms. The number of thiophene rings is 1. The van der Waals surface area contributed by atoms with E-state index in [9.17, 15) is 14.0 Å². The number of aromatic nitrogens is 3. The molecule has 3 aromatic rings. The number of nitrogens with two attached hydrogens (primary N) is 1. The largest absolute Gasteiger partial charge is 0.346 e. The smallest absolute Gasteiger partial charge is 0.327 e. The van der Waals surface area contributed by atoms with Crippen LogP contribution in [0.2, 0.25) is 0 Å². The van der Waals surface area contributed by atoms with Gasteiger partial charge >= 0.3 is 5.69 Å². The van der Waals surface area contributed by atoms with Crippen molar-refractivity contribution >= 4 is 40.3 Å². The summed E-state index contributed by atoms with van der Waals surface area (Å²) in [5.74, 6) is 0.0643. The first-order valence-corrected chi connectivity index (χ1v) is 10.0. The van der Waals surface area contributed by atoms with E-state index in [0.29, 0.717) is 19.3 Å². The number of aryl methyl sites for hydroxylation is 1. The average molecular weight is 450 g/mol. The summed E-state index contributed by atoms with van der Waals surface area (Å²) >= 11 is 1.46. The Balaban J connectivity index is 0.00000256. The molecule has 7 nitrogen and oxygen atoms in total. The lowest BCUT2D eigenvalue weighted by Crippen LogP contribution is -2.30. The van der Waals surface area contributed by atoms with E-state index in [1.54, 1.807) is 4.90 Å². The van der Waals surface area contributed by atoms with Gasteiger partial charge in [-0.3, -0.25) is 14.3 Å². The predicted molar refractivity (Wildman–Crippen MR) is 117 cm³/mol. The number of halogens is 2. The van der Waals surface area contributed by atoms with Crippen LogP contribution in [0.4, 0.5) is 15.1 Å². The molecule has 0 fully saturated rings. The molecule has 1 amide bonds. The molecule has 30 heavy (non-hydrogen) atoms. The van der Waals surface area contributed by atoms with Crippen LogP contribution in [-0.2, 0) is 24.3 Å². The molecular weight excluding hydrogens is 429 g/mol. The highest BCUT2D eigenvalue weighted by atomic mass is 35.5. The zero-order chi connectivity index (χ0) is 20.4. The van der Waals surface area contributed by atoms with E-state index in [4.69, 9.17) is 5.73 Å². The van der Waals surface area contributed by atoms with E-state index in [2.05, 4.69) is 5.10 Å². The normalized spacial score (nSPS) is 13.9. The highest BCUT2D eigenvalue weighted by Crippen LogP contribution is 2.37. The minimum Gasteiger partial charge on any atom is -0.327 e. The Kier molecular flexibility index (Phi) is 6.86. The fourth-order valence-electron chi connectivity index (χ4n) is 3.33. The first kappa shape index (κ1) is 21.9. The van der Waals surface area contributed by atoms with Gasteiger partial charge in [-0.15, -0.1) is 23.7 Å². The third kappa shape index (κ3) is 4.23. The second kappa shape index (κ2) is 9.38. The standard InChI is InChI=1S/C20H20FN5O2S.ClH/c21-9-14(10-22)11-25-20(28)24(13-23-25)12-16-6-8-19(29-16)26-17-4-2-1-3-15(17)5-7-18(26)27;/h1-4,6,8-9,13H,5,7,10-12,22H2;1H/b14-9+;. The van der Waals surface area contributed by atoms with E-state index in [1.165, 1.54) is 26.9 Å². The molecule has 1 aliphatic rings. The van der Waals surface area contributed by atoms with Gasteiger partial charge in [-0.25, -0.2) is 13.9 Å². The van der Waals surface area contributed by atoms with Crippen molar-refractivity contribution in [1.82, 2.24) is 14.3 Å². The van der Waals surface area contributed by atoms with Gasteiger partial charge in [-0.05, 0) is 35.8 Å². The zero-order valence-electron chi connectivity index (χ0n) is 16.0. The minimum absolute atomic E-state index is 0. The van der Waals surface area contributed by atoms with Gasteiger partial charge in [0.2, 0.25) is 5.91 Å². The number of carbonyl (C=O) groups excluding carboxylic acids is 1. The third-order valence-corrected chi connectivity index (χ3v) is 5.91. The average Bonchev–Trinajstić information content (AvgIpc) is 3.33. The molecule has 1 aromatic carbocycles. The quantitative estimate of drug-likeness (QED) is 0.626. The predicted octanol–water partition coefficient (Wildman–Crippen LogP) is 3.00. The summed E-state index contributed by atoms with van der Waals surface area (Å²) < 4.78 is 15.4. The van der Waals surface area contributed by atoms with Gasteiger partial charge in [-0.1, -0.05) is 18.2 Å². The Labute approximate surface area is 182 Å². The van der Waals surface area contributed by atoms with Gasteiger partial charge < -0.3 is 5.73 Å². The molecule has 3 heterocycles. The summed E-state index contributed by atoms with van der Waals surface area (Å²) in [5.41, 5.74) is 7.45. The maximum atomic E-state index is 12.7. The molecule has 158 valence electrons. The zero-order valence-corrected chi connectivity index (χ0v) is 17.7. The van der Waals surface area contributed by atoms with Gasteiger partial charge in [-0.2, -0.15) is 5.10 Å². The maximum Gasteiger partial charge on any atom is 0.346 e. The number of hydrogen-bond donors (Lipinski definition) is 1. The fourth-order valence-corrected chi connectivity index (χ4v) is 4.37. The topological polar surface area (TPSA) is 86.2 Å². The van der Waals surface area contributed by atoms with Crippen LogP contribution in [0.5, 0.6) is 0 Å². The van der Waals surface area contributed by atoms with Crippen LogP contribution in [0.3, 0.4) is 0 Å². The molecule has 0 atom stereocenters. The summed E-state index contributed by atoms with van der Waals surface area (Å²) in [6, 6.07) is 11.7. The van der Waals surface area contributed by atoms with Crippen LogP contribution in [0, 0.1) is 0 Å². The second-order valence-corrected chi connectivity index (χ2v) is 7.92. The molecule has 0 saturated carbocycles. The van der Waals surface area contributed by atoms with Gasteiger partial charge in [0, 0.05) is 17.8 Å². The van der Waals surface area contributed by atoms with E-state index in [-0.39, 0.29) is 42.7 Å². The van der Waals surface area contributed by atoms with Crippen molar-refractivity contribution in [3.8, 4) is 0 Å². The highest BCUT2D eigenvalue weighted by Gasteiger charge is 2.26. The van der Waals surface area contributed by atoms with Gasteiger partial charge in [0.1, 0.15) is 11.3 Å². The number of fused-ring (bicyclic) bond motifs is 1. The lowest BCUT2D eigenvalue weighted by Gasteiger charge is -2.28. The Morgan fingerprint density at radius 2 is 2.00 bits per heavy atom. The number of amides is 1. The van der Waals surface area contributed by atoms with Crippen LogP contribution < -0.4 is 16.3 Å². The van der Waals surface area contributed by atoms with E-state index >= 15 is 0 Å². The summed E-state index contributed by atoms with van der Waals surface area (Å²) in [5, 5.41) is 4.85. The summed E-state index contributed by atoms with van der Waals surface area (Å²) in [6.45, 7) is 0.369. The summed E-state index contributed by atoms with van der Waals surface area (Å²) in [6.07, 6.45) is 3.05. The lowest BCUT2D eigenvalue weighted by molar-refractivity contribution is -0.118. The van der Waals surface area contributed by atoms with Crippen LogP contribution >= 0.6 is 23.7 Å². The number of carbonyl (C=O) groups is 1. The lowest BCUT2D eigenvalue weighted by atomic mass is 10.0. The summed E-state index contributed by atoms with van der Waals surface area (Å²) in [4.78, 5) is 27.7. The Morgan fingerprint density at radius 1 is 1.20 bits per heavy atom. The minimum atomic E-state index is -0.341. The first-order chi connectivity index (χ1) is 14.1. The van der Waals surface area contributed by atoms with Crippen molar-refractivity contribution in [2.45, 2.75) is 25.9 Å². The molecule has 0 saturated heterocycles. The molecule has 0 unspecified atom stereocenters. The van der Waals surface area contributed by atoms with Crippen LogP contribution in [0.1, 0.15) is 16.9 Å². The van der Waals surface area contributed by atoms with Crippen molar-refractivity contribution in [2.75, 3.05) is 11.4 Å². The Morgan fingerprint density at radius 3 is 2.77 bits per heavy atom. The number of benzene rings is 1. The molecular formula is C20H21ClFN5O2S. The van der Waals surface area contributed by atoms with E-state index in [1.807, 2.05) is 36.4 Å². The van der Waals surface area contributed by atoms with Gasteiger partial charge in [0.25, 0.3) is 0 Å². The molecule has 0 radical (unpaired) electrons. The molecule has 2 N–H and O–H groups in total. The van der Waals surface area contributed by atoms with Crippen LogP contribution in [-0.4, -0.2) is 26.8 Å². The van der Waals surface area contributed by atoms with Crippen molar-refractivity contribution in [2.24, 2.45) is 5.73 Å². The molecule has 1 aliphatic heterocycles.